The smallest absolute Gasteiger partial charge is 0.342 e. The maximum Gasteiger partial charge on any atom is 0.342 e. The molecule has 0 fully saturated rings. The van der Waals surface area contributed by atoms with Crippen molar-refractivity contribution in [3.63, 3.8) is 0 Å². The van der Waals surface area contributed by atoms with E-state index < -0.39 is 0 Å². The van der Waals surface area contributed by atoms with Crippen LogP contribution in [0, 0.1) is 0 Å². The average Bonchev–Trinajstić information content (AvgIpc) is 2.83. The number of benzene rings is 3. The van der Waals surface area contributed by atoms with Crippen molar-refractivity contribution in [3.8, 4) is 11.5 Å². The highest BCUT2D eigenvalue weighted by Crippen LogP contribution is 2.32. The standard InChI is InChI=1S/C28H30O4/c1-3-5-8-17-24-18-25(31-20-22-13-9-6-10-14-22)19-26(27(24)28(29)30-4-2)32-21-23-15-11-7-12-16-23/h3,6-7,9-16,18-19H,1,4-5,8,17,20-21H2,2H3. The average molecular weight is 431 g/mol. The number of aryl methyl sites for hydroxylation is 1. The van der Waals surface area contributed by atoms with E-state index in [2.05, 4.69) is 6.58 Å². The summed E-state index contributed by atoms with van der Waals surface area (Å²) in [5.74, 6) is 0.767. The van der Waals surface area contributed by atoms with E-state index in [9.17, 15) is 4.79 Å². The van der Waals surface area contributed by atoms with Crippen LogP contribution in [-0.2, 0) is 24.4 Å². The van der Waals surface area contributed by atoms with E-state index in [0.717, 1.165) is 29.5 Å². The number of carbonyl (C=O) groups is 1. The van der Waals surface area contributed by atoms with Crippen LogP contribution in [-0.4, -0.2) is 12.6 Å². The lowest BCUT2D eigenvalue weighted by Gasteiger charge is -2.17. The van der Waals surface area contributed by atoms with E-state index in [0.29, 0.717) is 43.3 Å². The number of hydrogen-bond donors (Lipinski definition) is 0. The second kappa shape index (κ2) is 12.4. The molecule has 3 aromatic rings. The van der Waals surface area contributed by atoms with Crippen LogP contribution in [0.25, 0.3) is 0 Å². The van der Waals surface area contributed by atoms with Crippen molar-refractivity contribution in [3.05, 3.63) is 108 Å². The summed E-state index contributed by atoms with van der Waals surface area (Å²) in [6.45, 7) is 6.69. The molecule has 0 amide bonds. The van der Waals surface area contributed by atoms with Gasteiger partial charge in [0.2, 0.25) is 0 Å². The third-order valence-electron chi connectivity index (χ3n) is 4.98. The number of unbranched alkanes of at least 4 members (excludes halogenated alkanes) is 1. The molecule has 0 aliphatic carbocycles. The molecule has 0 atom stereocenters. The molecule has 4 heteroatoms. The number of hydrogen-bond acceptors (Lipinski definition) is 4. The Labute approximate surface area is 190 Å². The van der Waals surface area contributed by atoms with Gasteiger partial charge in [-0.2, -0.15) is 0 Å². The summed E-state index contributed by atoms with van der Waals surface area (Å²) in [6, 6.07) is 23.6. The minimum Gasteiger partial charge on any atom is -0.489 e. The Morgan fingerprint density at radius 2 is 1.53 bits per heavy atom. The fraction of sp³-hybridized carbons (Fsp3) is 0.250. The van der Waals surface area contributed by atoms with Crippen LogP contribution in [0.1, 0.15) is 46.8 Å². The Kier molecular flexibility index (Phi) is 8.93. The predicted octanol–water partition coefficient (Wildman–Crippen LogP) is 6.53. The third kappa shape index (κ3) is 6.74. The van der Waals surface area contributed by atoms with Gasteiger partial charge >= 0.3 is 5.97 Å². The predicted molar refractivity (Wildman–Crippen MR) is 127 cm³/mol. The number of allylic oxidation sites excluding steroid dienone is 1. The van der Waals surface area contributed by atoms with Gasteiger partial charge < -0.3 is 14.2 Å². The highest BCUT2D eigenvalue weighted by Gasteiger charge is 2.21. The van der Waals surface area contributed by atoms with Gasteiger partial charge in [0.05, 0.1) is 6.61 Å². The van der Waals surface area contributed by atoms with Gasteiger partial charge in [-0.3, -0.25) is 0 Å². The van der Waals surface area contributed by atoms with Crippen LogP contribution in [0.15, 0.2) is 85.5 Å². The molecular formula is C28H30O4. The molecule has 0 saturated heterocycles. The molecule has 0 bridgehead atoms. The molecule has 0 N–H and O–H groups in total. The molecule has 0 unspecified atom stereocenters. The molecule has 0 radical (unpaired) electrons. The number of ether oxygens (including phenoxy) is 3. The summed E-state index contributed by atoms with van der Waals surface area (Å²) in [5, 5.41) is 0. The van der Waals surface area contributed by atoms with Gasteiger partial charge in [0.25, 0.3) is 0 Å². The Morgan fingerprint density at radius 1 is 0.906 bits per heavy atom. The molecule has 0 aliphatic heterocycles. The fourth-order valence-corrected chi connectivity index (χ4v) is 3.39. The maximum absolute atomic E-state index is 12.9. The second-order valence-electron chi connectivity index (χ2n) is 7.41. The van der Waals surface area contributed by atoms with E-state index in [1.54, 1.807) is 13.0 Å². The summed E-state index contributed by atoms with van der Waals surface area (Å²) in [4.78, 5) is 12.9. The van der Waals surface area contributed by atoms with Gasteiger partial charge in [-0.1, -0.05) is 66.7 Å². The molecule has 166 valence electrons. The molecule has 3 aromatic carbocycles. The van der Waals surface area contributed by atoms with E-state index in [4.69, 9.17) is 14.2 Å². The topological polar surface area (TPSA) is 44.8 Å². The molecule has 0 saturated carbocycles. The van der Waals surface area contributed by atoms with Crippen molar-refractivity contribution in [2.45, 2.75) is 39.4 Å². The lowest BCUT2D eigenvalue weighted by molar-refractivity contribution is 0.0519. The summed E-state index contributed by atoms with van der Waals surface area (Å²) in [7, 11) is 0. The summed E-state index contributed by atoms with van der Waals surface area (Å²) >= 11 is 0. The minimum absolute atomic E-state index is 0.301. The second-order valence-corrected chi connectivity index (χ2v) is 7.41. The molecule has 4 nitrogen and oxygen atoms in total. The zero-order valence-electron chi connectivity index (χ0n) is 18.6. The molecule has 0 spiro atoms. The van der Waals surface area contributed by atoms with Crippen LogP contribution in [0.4, 0.5) is 0 Å². The van der Waals surface area contributed by atoms with Crippen molar-refractivity contribution in [1.29, 1.82) is 0 Å². The van der Waals surface area contributed by atoms with Crippen molar-refractivity contribution >= 4 is 5.97 Å². The van der Waals surface area contributed by atoms with Crippen molar-refractivity contribution in [1.82, 2.24) is 0 Å². The quantitative estimate of drug-likeness (QED) is 0.186. The van der Waals surface area contributed by atoms with Crippen LogP contribution in [0.2, 0.25) is 0 Å². The van der Waals surface area contributed by atoms with Gasteiger partial charge in [0, 0.05) is 6.07 Å². The van der Waals surface area contributed by atoms with E-state index in [1.807, 2.05) is 72.8 Å². The van der Waals surface area contributed by atoms with Crippen molar-refractivity contribution < 1.29 is 19.0 Å². The third-order valence-corrected chi connectivity index (χ3v) is 4.98. The molecule has 0 aliphatic rings. The first-order valence-corrected chi connectivity index (χ1v) is 11.0. The van der Waals surface area contributed by atoms with E-state index in [1.165, 1.54) is 0 Å². The lowest BCUT2D eigenvalue weighted by atomic mass is 10.00. The van der Waals surface area contributed by atoms with Gasteiger partial charge in [-0.15, -0.1) is 6.58 Å². The molecular weight excluding hydrogens is 400 g/mol. The number of esters is 1. The molecule has 32 heavy (non-hydrogen) atoms. The first kappa shape index (κ1) is 23.1. The molecule has 3 rings (SSSR count). The van der Waals surface area contributed by atoms with E-state index >= 15 is 0 Å². The van der Waals surface area contributed by atoms with Gasteiger partial charge in [-0.05, 0) is 48.9 Å². The van der Waals surface area contributed by atoms with Crippen molar-refractivity contribution in [2.24, 2.45) is 0 Å². The minimum atomic E-state index is -0.376. The van der Waals surface area contributed by atoms with Crippen LogP contribution in [0.3, 0.4) is 0 Å². The summed E-state index contributed by atoms with van der Waals surface area (Å²) in [6.07, 6.45) is 4.31. The SMILES string of the molecule is C=CCCCc1cc(OCc2ccccc2)cc(OCc2ccccc2)c1C(=O)OCC. The maximum atomic E-state index is 12.9. The Hall–Kier alpha value is -3.53. The highest BCUT2D eigenvalue weighted by atomic mass is 16.5. The van der Waals surface area contributed by atoms with Crippen LogP contribution in [0.5, 0.6) is 11.5 Å². The number of carbonyl (C=O) groups excluding carboxylic acids is 1. The highest BCUT2D eigenvalue weighted by molar-refractivity contribution is 5.94. The lowest BCUT2D eigenvalue weighted by Crippen LogP contribution is -2.12. The number of rotatable bonds is 12. The van der Waals surface area contributed by atoms with Gasteiger partial charge in [-0.25, -0.2) is 4.79 Å². The molecule has 0 aromatic heterocycles. The Morgan fingerprint density at radius 3 is 2.12 bits per heavy atom. The zero-order chi connectivity index (χ0) is 22.6. The van der Waals surface area contributed by atoms with E-state index in [-0.39, 0.29) is 5.97 Å². The van der Waals surface area contributed by atoms with Gasteiger partial charge in [0.15, 0.2) is 0 Å². The van der Waals surface area contributed by atoms with Crippen LogP contribution < -0.4 is 9.47 Å². The van der Waals surface area contributed by atoms with Gasteiger partial charge in [0.1, 0.15) is 30.3 Å². The first-order valence-electron chi connectivity index (χ1n) is 11.0. The Balaban J connectivity index is 1.92. The fourth-order valence-electron chi connectivity index (χ4n) is 3.39. The Bertz CT molecular complexity index is 997. The van der Waals surface area contributed by atoms with Crippen molar-refractivity contribution in [2.75, 3.05) is 6.61 Å². The molecule has 0 heterocycles. The summed E-state index contributed by atoms with van der Waals surface area (Å²) < 4.78 is 17.6. The monoisotopic (exact) mass is 430 g/mol. The zero-order valence-corrected chi connectivity index (χ0v) is 18.6. The summed E-state index contributed by atoms with van der Waals surface area (Å²) in [5.41, 5.74) is 3.42. The normalized spacial score (nSPS) is 10.4. The largest absolute Gasteiger partial charge is 0.489 e. The first-order chi connectivity index (χ1) is 15.7. The van der Waals surface area contributed by atoms with Crippen LogP contribution >= 0.6 is 0 Å².